The maximum atomic E-state index is 6.26. The van der Waals surface area contributed by atoms with Gasteiger partial charge in [0.2, 0.25) is 0 Å². The fourth-order valence-corrected chi connectivity index (χ4v) is 2.95. The summed E-state index contributed by atoms with van der Waals surface area (Å²) >= 11 is 0. The molecule has 0 N–H and O–H groups in total. The molecule has 1 fully saturated rings. The van der Waals surface area contributed by atoms with Crippen LogP contribution in [0.2, 0.25) is 0 Å². The van der Waals surface area contributed by atoms with Crippen LogP contribution in [0.25, 0.3) is 0 Å². The van der Waals surface area contributed by atoms with Crippen LogP contribution in [0.15, 0.2) is 43.0 Å². The summed E-state index contributed by atoms with van der Waals surface area (Å²) in [6, 6.07) is 10.6. The Morgan fingerprint density at radius 3 is 2.68 bits per heavy atom. The Hall–Kier alpha value is -1.08. The van der Waals surface area contributed by atoms with Crippen molar-refractivity contribution in [2.45, 2.75) is 57.7 Å². The smallest absolute Gasteiger partial charge is 0.0835 e. The first-order valence-corrected chi connectivity index (χ1v) is 7.68. The molecule has 2 rings (SSSR count). The van der Waals surface area contributed by atoms with Gasteiger partial charge in [-0.1, -0.05) is 69.0 Å². The van der Waals surface area contributed by atoms with Crippen molar-refractivity contribution in [1.29, 1.82) is 0 Å². The molecule has 1 aromatic carbocycles. The fraction of sp³-hybridized carbons (Fsp3) is 0.556. The Morgan fingerprint density at radius 2 is 2.00 bits per heavy atom. The molecule has 1 aromatic rings. The van der Waals surface area contributed by atoms with Crippen molar-refractivity contribution in [1.82, 2.24) is 0 Å². The van der Waals surface area contributed by atoms with Gasteiger partial charge in [-0.05, 0) is 18.4 Å². The van der Waals surface area contributed by atoms with E-state index in [0.717, 1.165) is 6.42 Å². The molecule has 1 saturated heterocycles. The Labute approximate surface area is 117 Å². The summed E-state index contributed by atoms with van der Waals surface area (Å²) < 4.78 is 6.26. The van der Waals surface area contributed by atoms with Gasteiger partial charge in [0.05, 0.1) is 12.2 Å². The predicted octanol–water partition coefficient (Wildman–Crippen LogP) is 5.29. The highest BCUT2D eigenvalue weighted by atomic mass is 16.5. The zero-order valence-electron chi connectivity index (χ0n) is 12.1. The van der Waals surface area contributed by atoms with Crippen molar-refractivity contribution in [2.75, 3.05) is 0 Å². The van der Waals surface area contributed by atoms with Crippen LogP contribution in [-0.2, 0) is 4.74 Å². The summed E-state index contributed by atoms with van der Waals surface area (Å²) in [7, 11) is 0. The third kappa shape index (κ3) is 3.94. The van der Waals surface area contributed by atoms with Crippen LogP contribution in [0, 0.1) is 5.92 Å². The van der Waals surface area contributed by atoms with Crippen molar-refractivity contribution < 1.29 is 4.74 Å². The van der Waals surface area contributed by atoms with Crippen molar-refractivity contribution in [2.24, 2.45) is 5.92 Å². The van der Waals surface area contributed by atoms with Crippen molar-refractivity contribution >= 4 is 0 Å². The summed E-state index contributed by atoms with van der Waals surface area (Å²) in [6.07, 6.45) is 10.2. The molecule has 3 atom stereocenters. The van der Waals surface area contributed by atoms with Crippen molar-refractivity contribution in [3.05, 3.63) is 48.6 Å². The van der Waals surface area contributed by atoms with Gasteiger partial charge in [-0.25, -0.2) is 0 Å². The number of unbranched alkanes of at least 4 members (excludes halogenated alkanes) is 3. The molecule has 0 saturated carbocycles. The minimum atomic E-state index is 0.264. The van der Waals surface area contributed by atoms with Crippen LogP contribution in [-0.4, -0.2) is 6.10 Å². The highest BCUT2D eigenvalue weighted by Crippen LogP contribution is 2.39. The van der Waals surface area contributed by atoms with Gasteiger partial charge in [-0.3, -0.25) is 0 Å². The van der Waals surface area contributed by atoms with Crippen LogP contribution in [0.1, 0.15) is 57.1 Å². The highest BCUT2D eigenvalue weighted by Gasteiger charge is 2.33. The lowest BCUT2D eigenvalue weighted by atomic mass is 9.94. The predicted molar refractivity (Wildman–Crippen MR) is 81.1 cm³/mol. The Morgan fingerprint density at radius 1 is 1.21 bits per heavy atom. The minimum Gasteiger partial charge on any atom is -0.370 e. The molecule has 0 aromatic heterocycles. The lowest BCUT2D eigenvalue weighted by Gasteiger charge is -2.16. The normalized spacial score (nSPS) is 26.5. The van der Waals surface area contributed by atoms with Gasteiger partial charge >= 0.3 is 0 Å². The zero-order chi connectivity index (χ0) is 13.5. The molecule has 3 unspecified atom stereocenters. The van der Waals surface area contributed by atoms with Gasteiger partial charge in [0, 0.05) is 5.92 Å². The quantitative estimate of drug-likeness (QED) is 0.477. The molecule has 1 heterocycles. The van der Waals surface area contributed by atoms with Gasteiger partial charge in [0.25, 0.3) is 0 Å². The van der Waals surface area contributed by atoms with Crippen LogP contribution < -0.4 is 0 Å². The summed E-state index contributed by atoms with van der Waals surface area (Å²) in [6.45, 7) is 6.24. The maximum Gasteiger partial charge on any atom is 0.0835 e. The second-order valence-electron chi connectivity index (χ2n) is 5.56. The molecule has 0 spiro atoms. The highest BCUT2D eigenvalue weighted by molar-refractivity contribution is 5.19. The van der Waals surface area contributed by atoms with Crippen LogP contribution >= 0.6 is 0 Å². The second kappa shape index (κ2) is 7.49. The van der Waals surface area contributed by atoms with Gasteiger partial charge in [-0.2, -0.15) is 0 Å². The SMILES string of the molecule is C=CC1CC(c2ccccc2)OC1CCCCCC. The largest absolute Gasteiger partial charge is 0.370 e. The van der Waals surface area contributed by atoms with E-state index in [1.807, 2.05) is 0 Å². The Balaban J connectivity index is 1.88. The Bertz CT molecular complexity index is 371. The maximum absolute atomic E-state index is 6.26. The molecule has 0 bridgehead atoms. The fourth-order valence-electron chi connectivity index (χ4n) is 2.95. The number of rotatable bonds is 7. The monoisotopic (exact) mass is 258 g/mol. The van der Waals surface area contributed by atoms with Crippen LogP contribution in [0.5, 0.6) is 0 Å². The Kier molecular flexibility index (Phi) is 5.65. The summed E-state index contributed by atoms with van der Waals surface area (Å²) in [5.74, 6) is 0.520. The third-order valence-electron chi connectivity index (χ3n) is 4.12. The van der Waals surface area contributed by atoms with Gasteiger partial charge in [0.15, 0.2) is 0 Å². The first-order valence-electron chi connectivity index (χ1n) is 7.68. The summed E-state index contributed by atoms with van der Waals surface area (Å²) in [4.78, 5) is 0. The van der Waals surface area contributed by atoms with E-state index in [2.05, 4.69) is 49.9 Å². The molecule has 0 radical (unpaired) electrons. The topological polar surface area (TPSA) is 9.23 Å². The van der Waals surface area contributed by atoms with E-state index in [0.29, 0.717) is 12.0 Å². The van der Waals surface area contributed by atoms with E-state index in [1.165, 1.54) is 37.7 Å². The van der Waals surface area contributed by atoms with Crippen LogP contribution in [0.4, 0.5) is 0 Å². The van der Waals surface area contributed by atoms with E-state index >= 15 is 0 Å². The molecule has 19 heavy (non-hydrogen) atoms. The van der Waals surface area contributed by atoms with Crippen LogP contribution in [0.3, 0.4) is 0 Å². The molecule has 0 amide bonds. The summed E-state index contributed by atoms with van der Waals surface area (Å²) in [5.41, 5.74) is 1.31. The second-order valence-corrected chi connectivity index (χ2v) is 5.56. The summed E-state index contributed by atoms with van der Waals surface area (Å²) in [5, 5.41) is 0. The van der Waals surface area contributed by atoms with Crippen molar-refractivity contribution in [3.63, 3.8) is 0 Å². The first-order chi connectivity index (χ1) is 9.35. The van der Waals surface area contributed by atoms with Gasteiger partial charge < -0.3 is 4.74 Å². The van der Waals surface area contributed by atoms with E-state index in [-0.39, 0.29) is 6.10 Å². The number of hydrogen-bond acceptors (Lipinski definition) is 1. The van der Waals surface area contributed by atoms with Gasteiger partial charge in [-0.15, -0.1) is 6.58 Å². The van der Waals surface area contributed by atoms with E-state index < -0.39 is 0 Å². The molecule has 1 aliphatic heterocycles. The first kappa shape index (κ1) is 14.3. The third-order valence-corrected chi connectivity index (χ3v) is 4.12. The molecular formula is C18H26O. The molecule has 104 valence electrons. The van der Waals surface area contributed by atoms with E-state index in [9.17, 15) is 0 Å². The lowest BCUT2D eigenvalue weighted by molar-refractivity contribution is 0.0318. The average molecular weight is 258 g/mol. The number of benzene rings is 1. The lowest BCUT2D eigenvalue weighted by Crippen LogP contribution is -2.13. The van der Waals surface area contributed by atoms with Gasteiger partial charge in [0.1, 0.15) is 0 Å². The van der Waals surface area contributed by atoms with E-state index in [1.54, 1.807) is 0 Å². The molecule has 1 heteroatoms. The zero-order valence-corrected chi connectivity index (χ0v) is 12.1. The molecule has 1 aliphatic rings. The standard InChI is InChI=1S/C18H26O/c1-3-5-6-10-13-17-15(4-2)14-18(19-17)16-11-8-7-9-12-16/h4,7-9,11-12,15,17-18H,2-3,5-6,10,13-14H2,1H3. The molecule has 0 aliphatic carbocycles. The minimum absolute atomic E-state index is 0.264. The van der Waals surface area contributed by atoms with Crippen molar-refractivity contribution in [3.8, 4) is 0 Å². The number of ether oxygens (including phenoxy) is 1. The molecule has 1 nitrogen and oxygen atoms in total. The van der Waals surface area contributed by atoms with E-state index in [4.69, 9.17) is 4.74 Å². The molecular weight excluding hydrogens is 232 g/mol. The average Bonchev–Trinajstić information content (AvgIpc) is 2.88. The number of hydrogen-bond donors (Lipinski definition) is 0.